The molecule has 0 saturated carbocycles. The fourth-order valence-electron chi connectivity index (χ4n) is 2.23. The van der Waals surface area contributed by atoms with E-state index in [1.54, 1.807) is 7.11 Å². The van der Waals surface area contributed by atoms with E-state index >= 15 is 0 Å². The number of carbonyl (C=O) groups is 1. The number of thioether (sulfide) groups is 1. The molecule has 0 saturated heterocycles. The number of benzene rings is 1. The molecule has 0 heterocycles. The van der Waals surface area contributed by atoms with Gasteiger partial charge in [-0.25, -0.2) is 0 Å². The summed E-state index contributed by atoms with van der Waals surface area (Å²) in [5, 5.41) is 0. The van der Waals surface area contributed by atoms with E-state index in [0.717, 1.165) is 18.5 Å². The third kappa shape index (κ3) is 9.22. The molecule has 0 fully saturated rings. The topological polar surface area (TPSA) is 29.5 Å². The van der Waals surface area contributed by atoms with Crippen molar-refractivity contribution in [3.05, 3.63) is 35.9 Å². The van der Waals surface area contributed by atoms with Gasteiger partial charge in [0.25, 0.3) is 0 Å². The van der Waals surface area contributed by atoms with E-state index in [4.69, 9.17) is 16.5 Å². The monoisotopic (exact) mass is 387 g/mol. The van der Waals surface area contributed by atoms with Crippen LogP contribution < -0.4 is 0 Å². The summed E-state index contributed by atoms with van der Waals surface area (Å²) < 4.78 is 5.02. The highest BCUT2D eigenvalue weighted by Gasteiger charge is 2.26. The SMILES string of the molecule is COCC(=O)N(CCP(C)(C)=S)CC(C)(C)SCc1ccccc1. The van der Waals surface area contributed by atoms with Gasteiger partial charge in [0.2, 0.25) is 5.91 Å². The first-order valence-corrected chi connectivity index (χ1v) is 13.0. The minimum Gasteiger partial charge on any atom is -0.375 e. The summed E-state index contributed by atoms with van der Waals surface area (Å²) in [7, 11) is 1.56. The minimum atomic E-state index is -1.32. The molecule has 3 nitrogen and oxygen atoms in total. The van der Waals surface area contributed by atoms with Crippen molar-refractivity contribution < 1.29 is 9.53 Å². The number of carbonyl (C=O) groups excluding carboxylic acids is 1. The van der Waals surface area contributed by atoms with E-state index in [0.29, 0.717) is 6.54 Å². The molecular formula is C18H30NO2PS2. The summed E-state index contributed by atoms with van der Waals surface area (Å²) in [6.45, 7) is 10.2. The third-order valence-corrected chi connectivity index (χ3v) is 6.79. The smallest absolute Gasteiger partial charge is 0.248 e. The Labute approximate surface area is 156 Å². The zero-order chi connectivity index (χ0) is 18.2. The van der Waals surface area contributed by atoms with Gasteiger partial charge in [-0.15, -0.1) is 11.8 Å². The van der Waals surface area contributed by atoms with Crippen molar-refractivity contribution in [1.29, 1.82) is 0 Å². The van der Waals surface area contributed by atoms with Gasteiger partial charge >= 0.3 is 0 Å². The van der Waals surface area contributed by atoms with Gasteiger partial charge in [0.05, 0.1) is 0 Å². The lowest BCUT2D eigenvalue weighted by atomic mass is 10.2. The lowest BCUT2D eigenvalue weighted by molar-refractivity contribution is -0.135. The molecule has 0 aromatic heterocycles. The van der Waals surface area contributed by atoms with Crippen molar-refractivity contribution >= 4 is 35.5 Å². The molecule has 136 valence electrons. The largest absolute Gasteiger partial charge is 0.375 e. The van der Waals surface area contributed by atoms with Gasteiger partial charge < -0.3 is 9.64 Å². The lowest BCUT2D eigenvalue weighted by Crippen LogP contribution is -2.43. The standard InChI is InChI=1S/C18H30NO2PS2/c1-18(2,24-14-16-9-7-6-8-10-16)15-19(17(20)13-21-3)11-12-22(4,5)23/h6-10H,11-15H2,1-5H3. The van der Waals surface area contributed by atoms with E-state index in [2.05, 4.69) is 51.4 Å². The van der Waals surface area contributed by atoms with Crippen molar-refractivity contribution in [1.82, 2.24) is 4.90 Å². The molecule has 6 heteroatoms. The second-order valence-corrected chi connectivity index (χ2v) is 15.3. The maximum atomic E-state index is 12.4. The molecule has 0 N–H and O–H groups in total. The number of hydrogen-bond acceptors (Lipinski definition) is 4. The zero-order valence-corrected chi connectivity index (χ0v) is 18.0. The van der Waals surface area contributed by atoms with E-state index in [1.165, 1.54) is 5.56 Å². The second-order valence-electron chi connectivity index (χ2n) is 7.08. The second kappa shape index (κ2) is 9.96. The van der Waals surface area contributed by atoms with Gasteiger partial charge in [-0.3, -0.25) is 4.79 Å². The molecule has 0 aliphatic heterocycles. The highest BCUT2D eigenvalue weighted by atomic mass is 32.4. The predicted molar refractivity (Wildman–Crippen MR) is 111 cm³/mol. The highest BCUT2D eigenvalue weighted by Crippen LogP contribution is 2.36. The van der Waals surface area contributed by atoms with E-state index in [1.807, 2.05) is 22.7 Å². The van der Waals surface area contributed by atoms with Crippen LogP contribution in [0.25, 0.3) is 0 Å². The van der Waals surface area contributed by atoms with Crippen molar-refractivity contribution in [2.75, 3.05) is 46.3 Å². The minimum absolute atomic E-state index is 0.0245. The van der Waals surface area contributed by atoms with Crippen LogP contribution in [0.2, 0.25) is 0 Å². The Morgan fingerprint density at radius 3 is 2.46 bits per heavy atom. The Hall–Kier alpha value is -0.350. The van der Waals surface area contributed by atoms with Crippen molar-refractivity contribution in [2.24, 2.45) is 0 Å². The van der Waals surface area contributed by atoms with Crippen LogP contribution in [0.3, 0.4) is 0 Å². The number of nitrogens with zero attached hydrogens (tertiary/aromatic N) is 1. The highest BCUT2D eigenvalue weighted by molar-refractivity contribution is 8.14. The molecule has 1 amide bonds. The van der Waals surface area contributed by atoms with Crippen molar-refractivity contribution in [3.8, 4) is 0 Å². The summed E-state index contributed by atoms with van der Waals surface area (Å²) in [5.74, 6) is 0.994. The summed E-state index contributed by atoms with van der Waals surface area (Å²) >= 11 is 7.42. The van der Waals surface area contributed by atoms with Crippen LogP contribution in [-0.2, 0) is 27.1 Å². The molecular weight excluding hydrogens is 357 g/mol. The molecule has 0 bridgehead atoms. The summed E-state index contributed by atoms with van der Waals surface area (Å²) in [4.78, 5) is 14.3. The molecule has 1 rings (SSSR count). The van der Waals surface area contributed by atoms with Gasteiger partial charge in [0.1, 0.15) is 6.61 Å². The molecule has 24 heavy (non-hydrogen) atoms. The van der Waals surface area contributed by atoms with Crippen molar-refractivity contribution in [2.45, 2.75) is 24.3 Å². The van der Waals surface area contributed by atoms with Crippen LogP contribution >= 0.6 is 17.8 Å². The number of rotatable bonds is 10. The average molecular weight is 388 g/mol. The Balaban J connectivity index is 2.67. The lowest BCUT2D eigenvalue weighted by Gasteiger charge is -2.33. The number of ether oxygens (including phenoxy) is 1. The van der Waals surface area contributed by atoms with Crippen LogP contribution in [0.15, 0.2) is 30.3 Å². The number of methoxy groups -OCH3 is 1. The van der Waals surface area contributed by atoms with Crippen molar-refractivity contribution in [3.63, 3.8) is 0 Å². The fourth-order valence-corrected chi connectivity index (χ4v) is 4.19. The molecule has 0 aliphatic rings. The van der Waals surface area contributed by atoms with Gasteiger partial charge in [0.15, 0.2) is 0 Å². The van der Waals surface area contributed by atoms with Crippen LogP contribution in [-0.4, -0.2) is 61.9 Å². The molecule has 0 atom stereocenters. The Kier molecular flexibility index (Phi) is 9.00. The quantitative estimate of drug-likeness (QED) is 0.569. The van der Waals surface area contributed by atoms with Gasteiger partial charge in [-0.05, 0) is 44.9 Å². The molecule has 0 unspecified atom stereocenters. The first-order valence-electron chi connectivity index (χ1n) is 8.11. The van der Waals surface area contributed by atoms with E-state index in [9.17, 15) is 4.79 Å². The number of hydrogen-bond donors (Lipinski definition) is 0. The fraction of sp³-hybridized carbons (Fsp3) is 0.611. The van der Waals surface area contributed by atoms with Crippen LogP contribution in [0.1, 0.15) is 19.4 Å². The van der Waals surface area contributed by atoms with Gasteiger partial charge in [-0.1, -0.05) is 42.1 Å². The number of amides is 1. The summed E-state index contributed by atoms with van der Waals surface area (Å²) in [6.07, 6.45) is 0.914. The van der Waals surface area contributed by atoms with E-state index in [-0.39, 0.29) is 17.3 Å². The van der Waals surface area contributed by atoms with Crippen LogP contribution in [0, 0.1) is 0 Å². The summed E-state index contributed by atoms with van der Waals surface area (Å²) in [6, 6.07) is 9.12. The molecule has 0 spiro atoms. The Morgan fingerprint density at radius 1 is 1.29 bits per heavy atom. The zero-order valence-electron chi connectivity index (χ0n) is 15.4. The molecule has 0 aliphatic carbocycles. The maximum Gasteiger partial charge on any atom is 0.248 e. The first kappa shape index (κ1) is 21.7. The van der Waals surface area contributed by atoms with Crippen LogP contribution in [0.4, 0.5) is 0 Å². The first-order chi connectivity index (χ1) is 11.1. The predicted octanol–water partition coefficient (Wildman–Crippen LogP) is 3.91. The van der Waals surface area contributed by atoms with Crippen LogP contribution in [0.5, 0.6) is 0 Å². The van der Waals surface area contributed by atoms with Gasteiger partial charge in [0, 0.05) is 30.7 Å². The molecule has 0 radical (unpaired) electrons. The third-order valence-electron chi connectivity index (χ3n) is 3.57. The molecule has 1 aromatic carbocycles. The maximum absolute atomic E-state index is 12.4. The normalized spacial score (nSPS) is 12.2. The summed E-state index contributed by atoms with van der Waals surface area (Å²) in [5.41, 5.74) is 1.31. The van der Waals surface area contributed by atoms with Gasteiger partial charge in [-0.2, -0.15) is 0 Å². The Morgan fingerprint density at radius 2 is 1.92 bits per heavy atom. The Bertz CT molecular complexity index is 557. The van der Waals surface area contributed by atoms with E-state index < -0.39 is 6.04 Å². The average Bonchev–Trinajstić information content (AvgIpc) is 2.50. The molecule has 1 aromatic rings.